The second-order valence-electron chi connectivity index (χ2n) is 13.8. The summed E-state index contributed by atoms with van der Waals surface area (Å²) >= 11 is 0. The molecule has 0 saturated carbocycles. The Morgan fingerprint density at radius 2 is 1.65 bits per heavy atom. The van der Waals surface area contributed by atoms with Gasteiger partial charge in [0.2, 0.25) is 17.7 Å². The molecule has 0 radical (unpaired) electrons. The lowest BCUT2D eigenvalue weighted by Crippen LogP contribution is -2.63. The average Bonchev–Trinajstić information content (AvgIpc) is 3.48. The molecule has 0 unspecified atom stereocenters. The Balaban J connectivity index is 1.07. The van der Waals surface area contributed by atoms with Crippen molar-refractivity contribution < 1.29 is 19.2 Å². The maximum absolute atomic E-state index is 14.2. The van der Waals surface area contributed by atoms with Crippen LogP contribution in [-0.4, -0.2) is 86.0 Å². The van der Waals surface area contributed by atoms with Crippen molar-refractivity contribution in [1.29, 1.82) is 0 Å². The molecule has 254 valence electrons. The van der Waals surface area contributed by atoms with Gasteiger partial charge in [0.05, 0.1) is 11.9 Å². The molecule has 0 aliphatic carbocycles. The van der Waals surface area contributed by atoms with Crippen LogP contribution in [-0.2, 0) is 27.3 Å². The number of aromatic nitrogens is 3. The van der Waals surface area contributed by atoms with Crippen molar-refractivity contribution >= 4 is 34.7 Å². The number of nitrogens with zero attached hydrogens (tertiary/aromatic N) is 5. The summed E-state index contributed by atoms with van der Waals surface area (Å²) in [4.78, 5) is 63.0. The molecule has 7 rings (SSSR count). The van der Waals surface area contributed by atoms with Crippen molar-refractivity contribution in [3.05, 3.63) is 95.8 Å². The molecule has 0 spiro atoms. The maximum Gasteiger partial charge on any atom is 0.275 e. The number of fused-ring (bicyclic) bond motifs is 5. The van der Waals surface area contributed by atoms with Gasteiger partial charge in [0.15, 0.2) is 11.3 Å². The zero-order valence-electron chi connectivity index (χ0n) is 27.8. The van der Waals surface area contributed by atoms with E-state index in [1.807, 2.05) is 82.6 Å². The van der Waals surface area contributed by atoms with E-state index in [0.29, 0.717) is 63.2 Å². The van der Waals surface area contributed by atoms with E-state index in [-0.39, 0.29) is 47.9 Å². The van der Waals surface area contributed by atoms with Crippen molar-refractivity contribution in [2.75, 3.05) is 19.6 Å². The highest BCUT2D eigenvalue weighted by Gasteiger charge is 2.45. The Labute approximate surface area is 286 Å². The van der Waals surface area contributed by atoms with Gasteiger partial charge in [-0.25, -0.2) is 9.67 Å². The van der Waals surface area contributed by atoms with Crippen LogP contribution in [0.1, 0.15) is 60.6 Å². The third-order valence-electron chi connectivity index (χ3n) is 10.3. The molecule has 4 aromatic rings. The van der Waals surface area contributed by atoms with E-state index in [1.165, 1.54) is 0 Å². The van der Waals surface area contributed by atoms with Crippen LogP contribution in [0.3, 0.4) is 0 Å². The average molecular weight is 662 g/mol. The fraction of sp³-hybridized carbons (Fsp3) is 0.421. The van der Waals surface area contributed by atoms with Crippen LogP contribution in [0, 0.1) is 11.8 Å². The molecule has 4 amide bonds. The van der Waals surface area contributed by atoms with Crippen LogP contribution < -0.4 is 10.6 Å². The van der Waals surface area contributed by atoms with Crippen molar-refractivity contribution in [1.82, 2.24) is 35.2 Å². The zero-order valence-corrected chi connectivity index (χ0v) is 27.8. The number of pyridine rings is 1. The Bertz CT molecular complexity index is 1830. The van der Waals surface area contributed by atoms with Gasteiger partial charge in [-0.3, -0.25) is 19.2 Å². The summed E-state index contributed by atoms with van der Waals surface area (Å²) in [5, 5.41) is 11.4. The topological polar surface area (TPSA) is 130 Å². The number of aryl methyl sites for hydroxylation is 1. The highest BCUT2D eigenvalue weighted by atomic mass is 16.2. The van der Waals surface area contributed by atoms with Gasteiger partial charge in [-0.05, 0) is 74.1 Å². The predicted octanol–water partition coefficient (Wildman–Crippen LogP) is 3.57. The van der Waals surface area contributed by atoms with Crippen LogP contribution in [0.2, 0.25) is 0 Å². The molecular weight excluding hydrogens is 618 g/mol. The summed E-state index contributed by atoms with van der Waals surface area (Å²) in [7, 11) is 0. The number of amides is 4. The van der Waals surface area contributed by atoms with E-state index in [9.17, 15) is 19.2 Å². The van der Waals surface area contributed by atoms with E-state index >= 15 is 0 Å². The summed E-state index contributed by atoms with van der Waals surface area (Å²) < 4.78 is 1.79. The molecule has 3 aliphatic rings. The van der Waals surface area contributed by atoms with Crippen molar-refractivity contribution in [2.45, 2.75) is 70.1 Å². The molecule has 11 heteroatoms. The van der Waals surface area contributed by atoms with Gasteiger partial charge in [-0.15, -0.1) is 0 Å². The number of benzene rings is 2. The molecule has 5 heterocycles. The minimum Gasteiger partial charge on any atom is -0.344 e. The van der Waals surface area contributed by atoms with Gasteiger partial charge in [0.25, 0.3) is 5.91 Å². The molecule has 3 fully saturated rings. The summed E-state index contributed by atoms with van der Waals surface area (Å²) in [5.41, 5.74) is 3.21. The molecule has 11 nitrogen and oxygen atoms in total. The highest BCUT2D eigenvalue weighted by molar-refractivity contribution is 6.04. The molecular formula is C38H43N7O4. The third-order valence-corrected chi connectivity index (χ3v) is 10.3. The number of carbonyl (C=O) groups is 4. The number of piperidine rings is 2. The number of hydrogen-bond acceptors (Lipinski definition) is 6. The molecule has 5 atom stereocenters. The third kappa shape index (κ3) is 7.06. The Kier molecular flexibility index (Phi) is 9.41. The van der Waals surface area contributed by atoms with E-state index in [4.69, 9.17) is 5.10 Å². The predicted molar refractivity (Wildman–Crippen MR) is 184 cm³/mol. The first-order chi connectivity index (χ1) is 23.8. The number of likely N-dealkylation sites (tertiary alicyclic amines) is 1. The van der Waals surface area contributed by atoms with Gasteiger partial charge in [-0.1, -0.05) is 60.7 Å². The molecule has 49 heavy (non-hydrogen) atoms. The standard InChI is InChI=1S/C38H43N7O4/c1-25-37(48)44-22-28-20-29(32(44)15-8-16-33(46)41-31(36(47)40-25)18-17-26-10-4-2-5-11-26)24-43(21-28)38(49)34-30-14-9-19-39-35(30)45(42-34)23-27-12-6-3-7-13-27/h2-7,9-14,19,25,28-29,31-32H,8,15-18,20-24H2,1H3,(H,40,47)(H,41,46)/t25-,28+,29-,31+,32+/m1/s1. The first kappa shape index (κ1) is 32.5. The van der Waals surface area contributed by atoms with E-state index in [0.717, 1.165) is 22.9 Å². The SMILES string of the molecule is C[C@H]1NC(=O)[C@H](CCc2ccccc2)NC(=O)CCC[C@H]2[C@@H]3C[C@@H](CN(C(=O)c4nn(Cc5ccccc5)c5ncccc45)C3)CN2C1=O. The van der Waals surface area contributed by atoms with E-state index in [2.05, 4.69) is 15.6 Å². The van der Waals surface area contributed by atoms with Gasteiger partial charge < -0.3 is 20.4 Å². The minimum atomic E-state index is -0.741. The number of nitrogens with one attached hydrogen (secondary N) is 2. The lowest BCUT2D eigenvalue weighted by Gasteiger charge is -2.51. The first-order valence-electron chi connectivity index (χ1n) is 17.4. The Morgan fingerprint density at radius 3 is 2.43 bits per heavy atom. The minimum absolute atomic E-state index is 0.0451. The molecule has 2 aromatic carbocycles. The largest absolute Gasteiger partial charge is 0.344 e. The number of hydrogen-bond donors (Lipinski definition) is 2. The molecule has 2 bridgehead atoms. The number of rotatable bonds is 6. The van der Waals surface area contributed by atoms with Crippen LogP contribution in [0.25, 0.3) is 11.0 Å². The van der Waals surface area contributed by atoms with Crippen molar-refractivity contribution in [3.8, 4) is 0 Å². The Hall–Kier alpha value is -5.06. The zero-order chi connectivity index (χ0) is 33.9. The number of carbonyl (C=O) groups excluding carboxylic acids is 4. The van der Waals surface area contributed by atoms with Gasteiger partial charge in [0, 0.05) is 38.3 Å². The van der Waals surface area contributed by atoms with Crippen molar-refractivity contribution in [2.24, 2.45) is 11.8 Å². The smallest absolute Gasteiger partial charge is 0.275 e. The van der Waals surface area contributed by atoms with Crippen LogP contribution in [0.4, 0.5) is 0 Å². The second-order valence-corrected chi connectivity index (χ2v) is 13.8. The quantitative estimate of drug-likeness (QED) is 0.325. The highest BCUT2D eigenvalue weighted by Crippen LogP contribution is 2.37. The summed E-state index contributed by atoms with van der Waals surface area (Å²) in [6.45, 7) is 3.74. The van der Waals surface area contributed by atoms with Gasteiger partial charge in [-0.2, -0.15) is 5.10 Å². The van der Waals surface area contributed by atoms with Crippen LogP contribution in [0.5, 0.6) is 0 Å². The van der Waals surface area contributed by atoms with Crippen molar-refractivity contribution in [3.63, 3.8) is 0 Å². The first-order valence-corrected chi connectivity index (χ1v) is 17.4. The van der Waals surface area contributed by atoms with Crippen LogP contribution in [0.15, 0.2) is 79.0 Å². The van der Waals surface area contributed by atoms with E-state index < -0.39 is 12.1 Å². The lowest BCUT2D eigenvalue weighted by atomic mass is 9.77. The molecule has 2 N–H and O–H groups in total. The second kappa shape index (κ2) is 14.2. The van der Waals surface area contributed by atoms with Crippen LogP contribution >= 0.6 is 0 Å². The Morgan fingerprint density at radius 1 is 0.898 bits per heavy atom. The fourth-order valence-corrected chi connectivity index (χ4v) is 7.91. The van der Waals surface area contributed by atoms with Gasteiger partial charge in [0.1, 0.15) is 12.1 Å². The lowest BCUT2D eigenvalue weighted by molar-refractivity contribution is -0.145. The summed E-state index contributed by atoms with van der Waals surface area (Å²) in [6.07, 6.45) is 5.18. The molecule has 3 aliphatic heterocycles. The molecule has 2 aromatic heterocycles. The summed E-state index contributed by atoms with van der Waals surface area (Å²) in [5.74, 6) is -0.614. The summed E-state index contributed by atoms with van der Waals surface area (Å²) in [6, 6.07) is 22.0. The molecule has 3 saturated heterocycles. The van der Waals surface area contributed by atoms with Gasteiger partial charge >= 0.3 is 0 Å². The monoisotopic (exact) mass is 661 g/mol. The normalized spacial score (nSPS) is 24.8. The maximum atomic E-state index is 14.2. The van der Waals surface area contributed by atoms with E-state index in [1.54, 1.807) is 17.8 Å². The fourth-order valence-electron chi connectivity index (χ4n) is 7.91.